The number of esters is 1. The van der Waals surface area contributed by atoms with E-state index in [4.69, 9.17) is 4.74 Å². The minimum absolute atomic E-state index is 0.0374. The highest BCUT2D eigenvalue weighted by Crippen LogP contribution is 2.19. The predicted molar refractivity (Wildman–Crippen MR) is 105 cm³/mol. The molecule has 0 saturated heterocycles. The molecule has 28 heavy (non-hydrogen) atoms. The third kappa shape index (κ3) is 5.90. The van der Waals surface area contributed by atoms with Crippen LogP contribution in [0.1, 0.15) is 46.8 Å². The van der Waals surface area contributed by atoms with Gasteiger partial charge in [0.05, 0.1) is 10.5 Å². The summed E-state index contributed by atoms with van der Waals surface area (Å²) in [7, 11) is 0. The van der Waals surface area contributed by atoms with Crippen LogP contribution in [0.4, 0.5) is 5.69 Å². The van der Waals surface area contributed by atoms with E-state index in [0.717, 1.165) is 11.6 Å². The minimum atomic E-state index is -0.775. The second kappa shape index (κ2) is 9.64. The fraction of sp³-hybridized carbons (Fsp3) is 0.333. The number of nitro benzene ring substituents is 1. The molecule has 0 aliphatic rings. The van der Waals surface area contributed by atoms with Crippen molar-refractivity contribution in [2.45, 2.75) is 33.1 Å². The molecule has 148 valence electrons. The molecule has 0 unspecified atom stereocenters. The lowest BCUT2D eigenvalue weighted by Gasteiger charge is -2.09. The number of rotatable bonds is 8. The molecule has 2 aromatic carbocycles. The quantitative estimate of drug-likeness (QED) is 0.426. The van der Waals surface area contributed by atoms with Gasteiger partial charge in [-0.15, -0.1) is 0 Å². The molecule has 1 N–H and O–H groups in total. The van der Waals surface area contributed by atoms with E-state index in [2.05, 4.69) is 31.3 Å². The molecule has 0 bridgehead atoms. The van der Waals surface area contributed by atoms with E-state index in [9.17, 15) is 19.7 Å². The zero-order valence-electron chi connectivity index (χ0n) is 16.2. The van der Waals surface area contributed by atoms with Crippen molar-refractivity contribution in [3.8, 4) is 0 Å². The molecule has 0 aromatic heterocycles. The van der Waals surface area contributed by atoms with E-state index in [1.54, 1.807) is 6.92 Å². The Morgan fingerprint density at radius 2 is 1.82 bits per heavy atom. The monoisotopic (exact) mass is 384 g/mol. The second-order valence-corrected chi connectivity index (χ2v) is 6.83. The molecular weight excluding hydrogens is 360 g/mol. The van der Waals surface area contributed by atoms with E-state index in [1.165, 1.54) is 17.7 Å². The Morgan fingerprint density at radius 1 is 1.14 bits per heavy atom. The highest BCUT2D eigenvalue weighted by atomic mass is 16.6. The van der Waals surface area contributed by atoms with Crippen LogP contribution in [0.3, 0.4) is 0 Å². The molecule has 2 rings (SSSR count). The van der Waals surface area contributed by atoms with Gasteiger partial charge in [0.15, 0.2) is 6.61 Å². The maximum Gasteiger partial charge on any atom is 0.338 e. The van der Waals surface area contributed by atoms with E-state index < -0.39 is 23.4 Å². The summed E-state index contributed by atoms with van der Waals surface area (Å²) in [6.07, 6.45) is 0.669. The summed E-state index contributed by atoms with van der Waals surface area (Å²) in [4.78, 5) is 34.2. The lowest BCUT2D eigenvalue weighted by Crippen LogP contribution is -2.30. The molecular formula is C21H24N2O5. The maximum atomic E-state index is 12.0. The Labute approximate surface area is 163 Å². The standard InChI is InChI=1S/C21H24N2O5/c1-14(2)17-8-5-16(6-9-17)10-11-22-20(24)13-28-21(25)18-7-4-15(3)19(12-18)23(26)27/h4-9,12,14H,10-11,13H2,1-3H3,(H,22,24). The SMILES string of the molecule is Cc1ccc(C(=O)OCC(=O)NCCc2ccc(C(C)C)cc2)cc1[N+](=O)[O-]. The summed E-state index contributed by atoms with van der Waals surface area (Å²) in [5.41, 5.74) is 2.68. The Hall–Kier alpha value is -3.22. The first-order chi connectivity index (χ1) is 13.3. The third-order valence-corrected chi connectivity index (χ3v) is 4.36. The van der Waals surface area contributed by atoms with Crippen LogP contribution in [0.5, 0.6) is 0 Å². The van der Waals surface area contributed by atoms with Gasteiger partial charge in [-0.05, 0) is 36.5 Å². The lowest BCUT2D eigenvalue weighted by molar-refractivity contribution is -0.385. The van der Waals surface area contributed by atoms with Crippen molar-refractivity contribution in [1.29, 1.82) is 0 Å². The van der Waals surface area contributed by atoms with Crippen LogP contribution >= 0.6 is 0 Å². The second-order valence-electron chi connectivity index (χ2n) is 6.83. The van der Waals surface area contributed by atoms with Crippen LogP contribution in [0.25, 0.3) is 0 Å². The number of carbonyl (C=O) groups excluding carboxylic acids is 2. The average molecular weight is 384 g/mol. The fourth-order valence-electron chi connectivity index (χ4n) is 2.61. The summed E-state index contributed by atoms with van der Waals surface area (Å²) < 4.78 is 4.94. The van der Waals surface area contributed by atoms with E-state index in [1.807, 2.05) is 12.1 Å². The number of nitro groups is 1. The Balaban J connectivity index is 1.78. The summed E-state index contributed by atoms with van der Waals surface area (Å²) in [5, 5.41) is 13.6. The molecule has 0 radical (unpaired) electrons. The van der Waals surface area contributed by atoms with Crippen LogP contribution in [0.2, 0.25) is 0 Å². The minimum Gasteiger partial charge on any atom is -0.452 e. The Bertz CT molecular complexity index is 860. The summed E-state index contributed by atoms with van der Waals surface area (Å²) in [6, 6.07) is 12.3. The van der Waals surface area contributed by atoms with Crippen LogP contribution in [0, 0.1) is 17.0 Å². The number of ether oxygens (including phenoxy) is 1. The van der Waals surface area contributed by atoms with Crippen molar-refractivity contribution in [3.05, 3.63) is 74.8 Å². The van der Waals surface area contributed by atoms with Crippen LogP contribution < -0.4 is 5.32 Å². The van der Waals surface area contributed by atoms with Gasteiger partial charge < -0.3 is 10.1 Å². The molecule has 0 aliphatic heterocycles. The Morgan fingerprint density at radius 3 is 2.43 bits per heavy atom. The predicted octanol–water partition coefficient (Wildman–Crippen LogP) is 3.54. The molecule has 7 nitrogen and oxygen atoms in total. The first kappa shape index (κ1) is 21.1. The van der Waals surface area contributed by atoms with Gasteiger partial charge in [0, 0.05) is 18.2 Å². The van der Waals surface area contributed by atoms with E-state index in [0.29, 0.717) is 24.4 Å². The van der Waals surface area contributed by atoms with E-state index in [-0.39, 0.29) is 11.3 Å². The smallest absolute Gasteiger partial charge is 0.338 e. The molecule has 1 amide bonds. The average Bonchev–Trinajstić information content (AvgIpc) is 2.66. The van der Waals surface area contributed by atoms with Crippen molar-refractivity contribution in [1.82, 2.24) is 5.32 Å². The van der Waals surface area contributed by atoms with Gasteiger partial charge in [0.1, 0.15) is 0 Å². The van der Waals surface area contributed by atoms with Gasteiger partial charge >= 0.3 is 5.97 Å². The number of hydrogen-bond acceptors (Lipinski definition) is 5. The molecule has 0 saturated carbocycles. The highest BCUT2D eigenvalue weighted by molar-refractivity contribution is 5.92. The molecule has 2 aromatic rings. The normalized spacial score (nSPS) is 10.6. The van der Waals surface area contributed by atoms with Crippen LogP contribution in [0.15, 0.2) is 42.5 Å². The first-order valence-electron chi connectivity index (χ1n) is 9.05. The van der Waals surface area contributed by atoms with Gasteiger partial charge in [-0.1, -0.05) is 44.2 Å². The zero-order valence-corrected chi connectivity index (χ0v) is 16.2. The molecule has 0 heterocycles. The molecule has 7 heteroatoms. The number of nitrogens with one attached hydrogen (secondary N) is 1. The Kier molecular flexibility index (Phi) is 7.26. The van der Waals surface area contributed by atoms with Gasteiger partial charge in [-0.2, -0.15) is 0 Å². The van der Waals surface area contributed by atoms with Crippen LogP contribution in [-0.4, -0.2) is 30.0 Å². The number of aryl methyl sites for hydroxylation is 1. The zero-order chi connectivity index (χ0) is 20.7. The van der Waals surface area contributed by atoms with Gasteiger partial charge in [0.2, 0.25) is 0 Å². The highest BCUT2D eigenvalue weighted by Gasteiger charge is 2.16. The van der Waals surface area contributed by atoms with E-state index >= 15 is 0 Å². The van der Waals surface area contributed by atoms with Crippen molar-refractivity contribution >= 4 is 17.6 Å². The number of amides is 1. The molecule has 0 aliphatic carbocycles. The summed E-state index contributed by atoms with van der Waals surface area (Å²) in [5.74, 6) is -0.727. The summed E-state index contributed by atoms with van der Waals surface area (Å²) >= 11 is 0. The summed E-state index contributed by atoms with van der Waals surface area (Å²) in [6.45, 7) is 5.83. The van der Waals surface area contributed by atoms with Gasteiger partial charge in [0.25, 0.3) is 11.6 Å². The van der Waals surface area contributed by atoms with Gasteiger partial charge in [-0.25, -0.2) is 4.79 Å². The van der Waals surface area contributed by atoms with Gasteiger partial charge in [-0.3, -0.25) is 14.9 Å². The topological polar surface area (TPSA) is 98.5 Å². The number of hydrogen-bond donors (Lipinski definition) is 1. The van der Waals surface area contributed by atoms with Crippen molar-refractivity contribution in [2.75, 3.05) is 13.2 Å². The van der Waals surface area contributed by atoms with Crippen LogP contribution in [-0.2, 0) is 16.0 Å². The first-order valence-corrected chi connectivity index (χ1v) is 9.05. The fourth-order valence-corrected chi connectivity index (χ4v) is 2.61. The maximum absolute atomic E-state index is 12.0. The molecule has 0 fully saturated rings. The van der Waals surface area contributed by atoms with Crippen molar-refractivity contribution in [3.63, 3.8) is 0 Å². The number of nitrogens with zero attached hydrogens (tertiary/aromatic N) is 1. The van der Waals surface area contributed by atoms with Crippen molar-refractivity contribution in [2.24, 2.45) is 0 Å². The number of carbonyl (C=O) groups is 2. The largest absolute Gasteiger partial charge is 0.452 e. The number of benzene rings is 2. The molecule has 0 atom stereocenters. The van der Waals surface area contributed by atoms with Crippen molar-refractivity contribution < 1.29 is 19.2 Å². The third-order valence-electron chi connectivity index (χ3n) is 4.36. The lowest BCUT2D eigenvalue weighted by atomic mass is 10.0. The molecule has 0 spiro atoms.